The average molecular weight is 407 g/mol. The molecule has 0 aliphatic rings. The third kappa shape index (κ3) is 5.90. The van der Waals surface area contributed by atoms with Crippen LogP contribution in [0.5, 0.6) is 5.75 Å². The number of carboxylic acids is 1. The summed E-state index contributed by atoms with van der Waals surface area (Å²) in [5, 5.41) is 13.1. The normalized spacial score (nSPS) is 10.3. The first-order valence-electron chi connectivity index (χ1n) is 9.27. The molecule has 3 aromatic rings. The van der Waals surface area contributed by atoms with E-state index in [1.54, 1.807) is 28.7 Å². The molecule has 0 radical (unpaired) electrons. The molecule has 1 aromatic heterocycles. The molecule has 0 saturated carbocycles. The van der Waals surface area contributed by atoms with E-state index >= 15 is 0 Å². The number of hydrogen-bond acceptors (Lipinski definition) is 4. The average Bonchev–Trinajstić information content (AvgIpc) is 3.16. The van der Waals surface area contributed by atoms with E-state index in [9.17, 15) is 4.79 Å². The molecule has 1 heterocycles. The Bertz CT molecular complexity index is 1060. The van der Waals surface area contributed by atoms with Gasteiger partial charge in [-0.25, -0.2) is 4.79 Å². The van der Waals surface area contributed by atoms with Crippen LogP contribution < -0.4 is 4.74 Å². The molecule has 6 heteroatoms. The Morgan fingerprint density at radius 3 is 2.79 bits per heavy atom. The van der Waals surface area contributed by atoms with E-state index in [0.717, 1.165) is 28.9 Å². The lowest BCUT2D eigenvalue weighted by molar-refractivity contribution is -0.139. The van der Waals surface area contributed by atoms with Crippen LogP contribution in [-0.2, 0) is 11.8 Å². The smallest absolute Gasteiger partial charge is 0.341 e. The summed E-state index contributed by atoms with van der Waals surface area (Å²) in [6.07, 6.45) is 4.81. The highest BCUT2D eigenvalue weighted by atomic mass is 32.2. The Balaban J connectivity index is 1.93. The number of carbonyl (C=O) groups is 1. The van der Waals surface area contributed by atoms with Crippen molar-refractivity contribution in [2.75, 3.05) is 12.4 Å². The minimum absolute atomic E-state index is 0.413. The van der Waals surface area contributed by atoms with Gasteiger partial charge in [0.05, 0.1) is 11.8 Å². The standard InChI is InChI=1S/C23H22N2O3S/c1-3-11-29-21-6-4-5-17(12-21)7-8-19-13-18(20-14-24-25(2)15-20)9-10-22(19)28-16-23(26)27/h4-6,9-10,12-15H,3,11,16H2,1-2H3,(H,26,27). The van der Waals surface area contributed by atoms with Crippen molar-refractivity contribution in [2.45, 2.75) is 18.2 Å². The van der Waals surface area contributed by atoms with Crippen molar-refractivity contribution in [3.05, 3.63) is 66.0 Å². The molecule has 0 aliphatic heterocycles. The van der Waals surface area contributed by atoms with Crippen molar-refractivity contribution in [1.29, 1.82) is 0 Å². The van der Waals surface area contributed by atoms with Gasteiger partial charge < -0.3 is 9.84 Å². The molecule has 0 saturated heterocycles. The van der Waals surface area contributed by atoms with Crippen molar-refractivity contribution in [2.24, 2.45) is 7.05 Å². The number of hydrogen-bond donors (Lipinski definition) is 1. The highest BCUT2D eigenvalue weighted by Crippen LogP contribution is 2.26. The van der Waals surface area contributed by atoms with Gasteiger partial charge in [0.1, 0.15) is 5.75 Å². The second-order valence-corrected chi connectivity index (χ2v) is 7.59. The minimum atomic E-state index is -1.03. The molecule has 0 spiro atoms. The lowest BCUT2D eigenvalue weighted by Gasteiger charge is -2.08. The molecule has 5 nitrogen and oxygen atoms in total. The topological polar surface area (TPSA) is 64.4 Å². The van der Waals surface area contributed by atoms with Crippen LogP contribution in [0.4, 0.5) is 0 Å². The molecule has 0 bridgehead atoms. The highest BCUT2D eigenvalue weighted by Gasteiger charge is 2.08. The van der Waals surface area contributed by atoms with Gasteiger partial charge >= 0.3 is 5.97 Å². The molecule has 0 aliphatic carbocycles. The summed E-state index contributed by atoms with van der Waals surface area (Å²) in [4.78, 5) is 12.1. The van der Waals surface area contributed by atoms with E-state index in [-0.39, 0.29) is 0 Å². The van der Waals surface area contributed by atoms with Gasteiger partial charge in [-0.3, -0.25) is 4.68 Å². The van der Waals surface area contributed by atoms with Gasteiger partial charge in [0.25, 0.3) is 0 Å². The van der Waals surface area contributed by atoms with Gasteiger partial charge in [0, 0.05) is 29.3 Å². The van der Waals surface area contributed by atoms with Gasteiger partial charge in [-0.15, -0.1) is 11.8 Å². The number of aryl methyl sites for hydroxylation is 1. The second-order valence-electron chi connectivity index (χ2n) is 6.42. The van der Waals surface area contributed by atoms with Crippen LogP contribution in [0.25, 0.3) is 11.1 Å². The highest BCUT2D eigenvalue weighted by molar-refractivity contribution is 7.99. The van der Waals surface area contributed by atoms with E-state index < -0.39 is 12.6 Å². The van der Waals surface area contributed by atoms with Crippen LogP contribution in [0, 0.1) is 11.8 Å². The lowest BCUT2D eigenvalue weighted by Crippen LogP contribution is -2.10. The van der Waals surface area contributed by atoms with Gasteiger partial charge in [0.2, 0.25) is 0 Å². The summed E-state index contributed by atoms with van der Waals surface area (Å²) in [6.45, 7) is 1.74. The molecule has 0 fully saturated rings. The third-order valence-electron chi connectivity index (χ3n) is 4.02. The Morgan fingerprint density at radius 1 is 1.21 bits per heavy atom. The number of carboxylic acid groups (broad SMARTS) is 1. The maximum atomic E-state index is 10.9. The minimum Gasteiger partial charge on any atom is -0.481 e. The summed E-state index contributed by atoms with van der Waals surface area (Å²) in [6, 6.07) is 13.6. The number of aromatic nitrogens is 2. The SMILES string of the molecule is CCCSc1cccc(C#Cc2cc(-c3cnn(C)c3)ccc2OCC(=O)O)c1. The fourth-order valence-corrected chi connectivity index (χ4v) is 3.49. The second kappa shape index (κ2) is 9.85. The van der Waals surface area contributed by atoms with E-state index in [0.29, 0.717) is 11.3 Å². The number of nitrogens with zero attached hydrogens (tertiary/aromatic N) is 2. The predicted octanol–water partition coefficient (Wildman–Crippen LogP) is 4.45. The molecule has 0 unspecified atom stereocenters. The first-order valence-corrected chi connectivity index (χ1v) is 10.3. The molecule has 0 amide bonds. The molecule has 2 aromatic carbocycles. The maximum Gasteiger partial charge on any atom is 0.341 e. The molecule has 29 heavy (non-hydrogen) atoms. The number of ether oxygens (including phenoxy) is 1. The Morgan fingerprint density at radius 2 is 2.07 bits per heavy atom. The predicted molar refractivity (Wildman–Crippen MR) is 115 cm³/mol. The summed E-state index contributed by atoms with van der Waals surface area (Å²) in [5.41, 5.74) is 3.44. The Hall–Kier alpha value is -3.17. The van der Waals surface area contributed by atoms with E-state index in [1.165, 1.54) is 4.90 Å². The van der Waals surface area contributed by atoms with Crippen LogP contribution in [0.2, 0.25) is 0 Å². The van der Waals surface area contributed by atoms with Crippen LogP contribution in [-0.4, -0.2) is 33.2 Å². The zero-order chi connectivity index (χ0) is 20.6. The fraction of sp³-hybridized carbons (Fsp3) is 0.217. The van der Waals surface area contributed by atoms with Crippen LogP contribution in [0.1, 0.15) is 24.5 Å². The molecular weight excluding hydrogens is 384 g/mol. The third-order valence-corrected chi connectivity index (χ3v) is 5.22. The number of rotatable bonds is 7. The van der Waals surface area contributed by atoms with E-state index in [1.807, 2.05) is 37.5 Å². The number of aliphatic carboxylic acids is 1. The zero-order valence-corrected chi connectivity index (χ0v) is 17.2. The van der Waals surface area contributed by atoms with Crippen LogP contribution in [0.15, 0.2) is 59.8 Å². The Kier molecular flexibility index (Phi) is 6.99. The van der Waals surface area contributed by atoms with E-state index in [2.05, 4.69) is 36.0 Å². The van der Waals surface area contributed by atoms with E-state index in [4.69, 9.17) is 9.84 Å². The first kappa shape index (κ1) is 20.6. The zero-order valence-electron chi connectivity index (χ0n) is 16.4. The fourth-order valence-electron chi connectivity index (χ4n) is 2.67. The molecule has 1 N–H and O–H groups in total. The van der Waals surface area contributed by atoms with Crippen molar-refractivity contribution < 1.29 is 14.6 Å². The van der Waals surface area contributed by atoms with Gasteiger partial charge in [0.15, 0.2) is 6.61 Å². The summed E-state index contributed by atoms with van der Waals surface area (Å²) in [7, 11) is 1.86. The van der Waals surface area contributed by atoms with Crippen molar-refractivity contribution in [1.82, 2.24) is 9.78 Å². The molecule has 148 valence electrons. The molecule has 3 rings (SSSR count). The van der Waals surface area contributed by atoms with Gasteiger partial charge in [-0.2, -0.15) is 5.10 Å². The lowest BCUT2D eigenvalue weighted by atomic mass is 10.0. The van der Waals surface area contributed by atoms with Gasteiger partial charge in [-0.05, 0) is 48.1 Å². The largest absolute Gasteiger partial charge is 0.481 e. The van der Waals surface area contributed by atoms with Crippen molar-refractivity contribution in [3.63, 3.8) is 0 Å². The molecular formula is C23H22N2O3S. The Labute approximate surface area is 174 Å². The van der Waals surface area contributed by atoms with Crippen molar-refractivity contribution >= 4 is 17.7 Å². The molecule has 0 atom stereocenters. The quantitative estimate of drug-likeness (QED) is 0.464. The summed E-state index contributed by atoms with van der Waals surface area (Å²) >= 11 is 1.81. The summed E-state index contributed by atoms with van der Waals surface area (Å²) < 4.78 is 7.16. The summed E-state index contributed by atoms with van der Waals surface area (Å²) in [5.74, 6) is 6.82. The maximum absolute atomic E-state index is 10.9. The van der Waals surface area contributed by atoms with Gasteiger partial charge in [-0.1, -0.05) is 30.9 Å². The monoisotopic (exact) mass is 406 g/mol. The van der Waals surface area contributed by atoms with Crippen LogP contribution in [0.3, 0.4) is 0 Å². The van der Waals surface area contributed by atoms with Crippen LogP contribution >= 0.6 is 11.8 Å². The number of thioether (sulfide) groups is 1. The van der Waals surface area contributed by atoms with Crippen molar-refractivity contribution in [3.8, 4) is 28.7 Å². The number of benzene rings is 2. The first-order chi connectivity index (χ1) is 14.0.